The van der Waals surface area contributed by atoms with Crippen LogP contribution in [-0.4, -0.2) is 101 Å². The summed E-state index contributed by atoms with van der Waals surface area (Å²) in [4.78, 5) is 81.3. The second-order valence-corrected chi connectivity index (χ2v) is 15.1. The Morgan fingerprint density at radius 1 is 0.948 bits per heavy atom. The number of ether oxygens (including phenoxy) is 1. The van der Waals surface area contributed by atoms with Crippen LogP contribution in [0.2, 0.25) is 0 Å². The molecule has 5 heterocycles. The van der Waals surface area contributed by atoms with Crippen LogP contribution in [0.5, 0.6) is 5.75 Å². The molecule has 300 valence electrons. The van der Waals surface area contributed by atoms with E-state index in [-0.39, 0.29) is 59.2 Å². The van der Waals surface area contributed by atoms with Crippen LogP contribution in [-0.2, 0) is 16.1 Å². The van der Waals surface area contributed by atoms with Crippen molar-refractivity contribution in [1.29, 1.82) is 0 Å². The average Bonchev–Trinajstić information content (AvgIpc) is 3.67. The number of carbonyl (C=O) groups excluding carboxylic acids is 6. The maximum absolute atomic E-state index is 13.8. The lowest BCUT2D eigenvalue weighted by Gasteiger charge is -2.44. The third-order valence-corrected chi connectivity index (χ3v) is 11.4. The van der Waals surface area contributed by atoms with Crippen LogP contribution in [0, 0.1) is 11.7 Å². The van der Waals surface area contributed by atoms with Gasteiger partial charge in [-0.1, -0.05) is 24.3 Å². The van der Waals surface area contributed by atoms with Gasteiger partial charge in [-0.3, -0.25) is 39.0 Å². The second-order valence-electron chi connectivity index (χ2n) is 15.1. The first kappa shape index (κ1) is 38.3. The summed E-state index contributed by atoms with van der Waals surface area (Å²) in [6, 6.07) is 15.0. The number of likely N-dealkylation sites (tertiary alicyclic amines) is 1. The average molecular weight is 792 g/mol. The van der Waals surface area contributed by atoms with Crippen LogP contribution in [0.1, 0.15) is 78.7 Å². The molecule has 1 atom stereocenters. The molecule has 0 spiro atoms. The lowest BCUT2D eigenvalue weighted by atomic mass is 9.95. The highest BCUT2D eigenvalue weighted by atomic mass is 19.1. The molecular weight excluding hydrogens is 750 g/mol. The number of anilines is 2. The Hall–Kier alpha value is -6.62. The van der Waals surface area contributed by atoms with Crippen molar-refractivity contribution in [2.24, 2.45) is 11.7 Å². The van der Waals surface area contributed by atoms with Gasteiger partial charge in [0.15, 0.2) is 0 Å². The Morgan fingerprint density at radius 3 is 2.36 bits per heavy atom. The molecule has 16 nitrogen and oxygen atoms in total. The minimum absolute atomic E-state index is 0.0401. The molecule has 0 saturated carbocycles. The molecule has 3 fully saturated rings. The van der Waals surface area contributed by atoms with E-state index in [1.54, 1.807) is 41.1 Å². The van der Waals surface area contributed by atoms with Crippen LogP contribution in [0.3, 0.4) is 0 Å². The number of rotatable bonds is 11. The minimum atomic E-state index is -1.00. The Bertz CT molecular complexity index is 2350. The number of imide groups is 2. The molecule has 3 aromatic carbocycles. The number of hydrogen-bond acceptors (Lipinski definition) is 11. The first-order chi connectivity index (χ1) is 27.9. The highest BCUT2D eigenvalue weighted by molar-refractivity contribution is 6.23. The number of amides is 6. The molecule has 6 amide bonds. The molecule has 0 radical (unpaired) electrons. The van der Waals surface area contributed by atoms with Gasteiger partial charge in [-0.25, -0.2) is 9.07 Å². The maximum atomic E-state index is 13.8. The zero-order chi connectivity index (χ0) is 40.8. The lowest BCUT2D eigenvalue weighted by Crippen LogP contribution is -2.54. The summed E-state index contributed by atoms with van der Waals surface area (Å²) >= 11 is 0. The number of carbonyl (C=O) groups is 6. The fourth-order valence-electron chi connectivity index (χ4n) is 8.35. The summed E-state index contributed by atoms with van der Waals surface area (Å²) in [5.41, 5.74) is 15.7. The van der Waals surface area contributed by atoms with E-state index in [1.165, 1.54) is 19.2 Å². The number of primary amides is 1. The third kappa shape index (κ3) is 7.12. The van der Waals surface area contributed by atoms with Crippen LogP contribution in [0.15, 0.2) is 60.7 Å². The Labute approximate surface area is 332 Å². The molecular formula is C41H42FN9O7. The topological polar surface area (TPSA) is 215 Å². The number of benzene rings is 3. The first-order valence-corrected chi connectivity index (χ1v) is 19.1. The molecule has 58 heavy (non-hydrogen) atoms. The number of nitrogens with two attached hydrogens (primary N) is 2. The van der Waals surface area contributed by atoms with E-state index in [1.807, 2.05) is 6.07 Å². The number of nitrogens with zero attached hydrogens (tertiary/aromatic N) is 5. The summed E-state index contributed by atoms with van der Waals surface area (Å²) in [7, 11) is 1.41. The molecule has 3 saturated heterocycles. The molecule has 0 bridgehead atoms. The van der Waals surface area contributed by atoms with Crippen LogP contribution in [0.25, 0.3) is 11.3 Å². The number of halogens is 1. The van der Waals surface area contributed by atoms with Crippen molar-refractivity contribution in [2.75, 3.05) is 50.5 Å². The Morgan fingerprint density at radius 2 is 1.67 bits per heavy atom. The molecule has 0 aliphatic carbocycles. The van der Waals surface area contributed by atoms with Crippen molar-refractivity contribution < 1.29 is 37.9 Å². The second kappa shape index (κ2) is 15.4. The van der Waals surface area contributed by atoms with Crippen molar-refractivity contribution >= 4 is 46.9 Å². The number of hydrogen-bond donors (Lipinski definition) is 4. The van der Waals surface area contributed by atoms with Crippen molar-refractivity contribution in [3.05, 3.63) is 94.3 Å². The quantitative estimate of drug-likeness (QED) is 0.162. The summed E-state index contributed by atoms with van der Waals surface area (Å²) in [6.45, 7) is 4.21. The number of piperidine rings is 2. The SMILES string of the molecule is COc1ccc(F)cc1C(=O)NCc1ccc(-c2nn(C3CCN(CC4CN(c5ccc6c(c5)C(=O)N(C5CCC(=O)NC5=O)C6=O)C4)CC3)c(N)c2C(N)=O)cc1. The minimum Gasteiger partial charge on any atom is -0.496 e. The zero-order valence-electron chi connectivity index (χ0n) is 31.7. The number of methoxy groups -OCH3 is 1. The van der Waals surface area contributed by atoms with Gasteiger partial charge < -0.3 is 31.3 Å². The lowest BCUT2D eigenvalue weighted by molar-refractivity contribution is -0.136. The van der Waals surface area contributed by atoms with E-state index >= 15 is 0 Å². The number of nitrogen functional groups attached to an aromatic ring is 1. The van der Waals surface area contributed by atoms with Gasteiger partial charge in [0.05, 0.1) is 29.8 Å². The van der Waals surface area contributed by atoms with Gasteiger partial charge >= 0.3 is 0 Å². The molecule has 6 N–H and O–H groups in total. The normalized spacial score (nSPS) is 18.9. The van der Waals surface area contributed by atoms with E-state index in [0.717, 1.165) is 67.8 Å². The summed E-state index contributed by atoms with van der Waals surface area (Å²) in [6.07, 6.45) is 1.70. The highest BCUT2D eigenvalue weighted by Gasteiger charge is 2.45. The van der Waals surface area contributed by atoms with E-state index in [9.17, 15) is 33.2 Å². The molecule has 4 aromatic rings. The molecule has 4 aliphatic heterocycles. The Balaban J connectivity index is 0.849. The van der Waals surface area contributed by atoms with Gasteiger partial charge in [-0.2, -0.15) is 5.10 Å². The zero-order valence-corrected chi connectivity index (χ0v) is 31.7. The summed E-state index contributed by atoms with van der Waals surface area (Å²) in [5, 5.41) is 9.78. The van der Waals surface area contributed by atoms with Crippen molar-refractivity contribution in [3.8, 4) is 17.0 Å². The predicted octanol–water partition coefficient (Wildman–Crippen LogP) is 2.48. The molecule has 1 unspecified atom stereocenters. The van der Waals surface area contributed by atoms with Crippen LogP contribution in [0.4, 0.5) is 15.9 Å². The summed E-state index contributed by atoms with van der Waals surface area (Å²) < 4.78 is 20.7. The smallest absolute Gasteiger partial charge is 0.262 e. The van der Waals surface area contributed by atoms with Gasteiger partial charge in [0.2, 0.25) is 11.8 Å². The van der Waals surface area contributed by atoms with Crippen molar-refractivity contribution in [1.82, 2.24) is 30.2 Å². The summed E-state index contributed by atoms with van der Waals surface area (Å²) in [5.74, 6) is -2.95. The fourth-order valence-corrected chi connectivity index (χ4v) is 8.35. The van der Waals surface area contributed by atoms with Gasteiger partial charge in [0.25, 0.3) is 23.6 Å². The molecule has 17 heteroatoms. The van der Waals surface area contributed by atoms with Gasteiger partial charge in [0, 0.05) is 62.9 Å². The fraction of sp³-hybridized carbons (Fsp3) is 0.341. The Kier molecular flexibility index (Phi) is 10.1. The number of fused-ring (bicyclic) bond motifs is 1. The van der Waals surface area contributed by atoms with E-state index in [0.29, 0.717) is 17.2 Å². The van der Waals surface area contributed by atoms with Crippen molar-refractivity contribution in [3.63, 3.8) is 0 Å². The van der Waals surface area contributed by atoms with Gasteiger partial charge in [-0.15, -0.1) is 0 Å². The molecule has 1 aromatic heterocycles. The number of aromatic nitrogens is 2. The monoisotopic (exact) mass is 791 g/mol. The highest BCUT2D eigenvalue weighted by Crippen LogP contribution is 2.35. The van der Waals surface area contributed by atoms with Gasteiger partial charge in [-0.05, 0) is 61.2 Å². The van der Waals surface area contributed by atoms with E-state index < -0.39 is 47.3 Å². The third-order valence-electron chi connectivity index (χ3n) is 11.4. The largest absolute Gasteiger partial charge is 0.496 e. The maximum Gasteiger partial charge on any atom is 0.262 e. The number of nitrogens with one attached hydrogen (secondary N) is 2. The van der Waals surface area contributed by atoms with Gasteiger partial charge in [0.1, 0.15) is 34.7 Å². The van der Waals surface area contributed by atoms with Crippen LogP contribution < -0.4 is 31.7 Å². The predicted molar refractivity (Wildman–Crippen MR) is 208 cm³/mol. The van der Waals surface area contributed by atoms with Crippen LogP contribution >= 0.6 is 0 Å². The van der Waals surface area contributed by atoms with E-state index in [4.69, 9.17) is 21.3 Å². The van der Waals surface area contributed by atoms with E-state index in [2.05, 4.69) is 20.4 Å². The first-order valence-electron chi connectivity index (χ1n) is 19.1. The molecule has 8 rings (SSSR count). The molecule has 4 aliphatic rings. The van der Waals surface area contributed by atoms with Crippen molar-refractivity contribution in [2.45, 2.75) is 44.3 Å². The standard InChI is InChI=1S/C41H42FN9O7/c1-58-32-10-6-25(42)16-30(32)38(54)45-18-22-2-4-24(5-3-22)35-34(37(44)53)36(43)51(47-35)26-12-14-48(15-13-26)19-23-20-49(21-23)27-7-8-28-29(17-27)41(57)50(40(28)56)31-9-11-33(52)46-39(31)55/h2-8,10,16-17,23,26,31H,9,11-15,18-21,43H2,1H3,(H2,44,53)(H,45,54)(H,46,52,55).